The summed E-state index contributed by atoms with van der Waals surface area (Å²) in [6, 6.07) is 10.0. The Morgan fingerprint density at radius 1 is 1.00 bits per heavy atom. The first-order valence-corrected chi connectivity index (χ1v) is 11.5. The number of benzene rings is 2. The Balaban J connectivity index is 1.52. The van der Waals surface area contributed by atoms with E-state index in [1.807, 2.05) is 51.6 Å². The van der Waals surface area contributed by atoms with Crippen LogP contribution in [0.2, 0.25) is 0 Å². The number of anilines is 4. The van der Waals surface area contributed by atoms with Crippen LogP contribution in [0, 0.1) is 11.6 Å². The summed E-state index contributed by atoms with van der Waals surface area (Å²) in [5.74, 6) is -1.44. The summed E-state index contributed by atoms with van der Waals surface area (Å²) in [6.07, 6.45) is 3.59. The Hall–Kier alpha value is -4.18. The lowest BCUT2D eigenvalue weighted by Crippen LogP contribution is -2.28. The second kappa shape index (κ2) is 9.12. The predicted molar refractivity (Wildman–Crippen MR) is 142 cm³/mol. The third kappa shape index (κ3) is 4.31. The number of hydrogen-bond acceptors (Lipinski definition) is 6. The van der Waals surface area contributed by atoms with Crippen molar-refractivity contribution in [1.29, 1.82) is 0 Å². The molecule has 0 aliphatic rings. The average Bonchev–Trinajstić information content (AvgIpc) is 3.42. The van der Waals surface area contributed by atoms with Crippen LogP contribution < -0.4 is 16.0 Å². The highest BCUT2D eigenvalue weighted by Gasteiger charge is 2.18. The molecule has 0 radical (unpaired) electrons. The molecule has 0 fully saturated rings. The fourth-order valence-electron chi connectivity index (χ4n) is 4.35. The molecule has 0 aliphatic carbocycles. The lowest BCUT2D eigenvalue weighted by molar-refractivity contribution is 0.416. The molecule has 0 spiro atoms. The van der Waals surface area contributed by atoms with Crippen LogP contribution in [-0.4, -0.2) is 58.7 Å². The molecule has 10 heteroatoms. The highest BCUT2D eigenvalue weighted by atomic mass is 19.2. The minimum absolute atomic E-state index is 0.354. The van der Waals surface area contributed by atoms with Gasteiger partial charge in [-0.25, -0.2) is 13.8 Å². The first-order chi connectivity index (χ1) is 17.2. The molecule has 4 N–H and O–H groups in total. The quantitative estimate of drug-likeness (QED) is 0.286. The molecule has 5 aromatic rings. The van der Waals surface area contributed by atoms with Gasteiger partial charge >= 0.3 is 0 Å². The van der Waals surface area contributed by atoms with Gasteiger partial charge in [-0.2, -0.15) is 4.98 Å². The van der Waals surface area contributed by atoms with Gasteiger partial charge in [-0.15, -0.1) is 0 Å². The summed E-state index contributed by atoms with van der Waals surface area (Å²) in [5, 5.41) is 4.58. The molecular weight excluding hydrogens is 462 g/mol. The van der Waals surface area contributed by atoms with Gasteiger partial charge in [0.2, 0.25) is 5.95 Å². The molecule has 3 aromatic heterocycles. The zero-order valence-corrected chi connectivity index (χ0v) is 20.6. The van der Waals surface area contributed by atoms with E-state index >= 15 is 0 Å². The maximum absolute atomic E-state index is 14.1. The molecule has 0 aliphatic heterocycles. The minimum atomic E-state index is -0.904. The largest absolute Gasteiger partial charge is 0.397 e. The molecule has 36 heavy (non-hydrogen) atoms. The summed E-state index contributed by atoms with van der Waals surface area (Å²) in [5.41, 5.74) is 11.1. The number of nitrogens with one attached hydrogen (secondary N) is 2. The standard InChI is InChI=1S/C26H28F2N8/c1-34(2)9-10-35(3)22-6-5-15(11-21(22)29)31-26-32-24(16-7-8-30-25(16)33-26)18-14-36(4)23-13-20(28)19(27)12-17(18)23/h5-8,11-14H,9-10,29H2,1-4H3,(H2,30,31,32,33). The number of halogens is 2. The van der Waals surface area contributed by atoms with Crippen molar-refractivity contribution in [3.63, 3.8) is 0 Å². The number of likely N-dealkylation sites (N-methyl/N-ethyl adjacent to an activating group) is 2. The van der Waals surface area contributed by atoms with Crippen LogP contribution in [0.3, 0.4) is 0 Å². The molecule has 0 unspecified atom stereocenters. The van der Waals surface area contributed by atoms with Gasteiger partial charge in [-0.05, 0) is 44.4 Å². The van der Waals surface area contributed by atoms with E-state index in [9.17, 15) is 8.78 Å². The van der Waals surface area contributed by atoms with Crippen molar-refractivity contribution in [3.8, 4) is 11.3 Å². The van der Waals surface area contributed by atoms with Gasteiger partial charge < -0.3 is 30.4 Å². The van der Waals surface area contributed by atoms with Crippen LogP contribution in [0.25, 0.3) is 33.2 Å². The molecule has 3 heterocycles. The van der Waals surface area contributed by atoms with Gasteiger partial charge in [0.15, 0.2) is 11.6 Å². The van der Waals surface area contributed by atoms with E-state index in [1.165, 1.54) is 12.1 Å². The molecule has 0 atom stereocenters. The van der Waals surface area contributed by atoms with Crippen molar-refractivity contribution in [3.05, 3.63) is 60.4 Å². The van der Waals surface area contributed by atoms with Crippen LogP contribution in [0.5, 0.6) is 0 Å². The fraction of sp³-hybridized carbons (Fsp3) is 0.231. The van der Waals surface area contributed by atoms with Crippen LogP contribution in [-0.2, 0) is 7.05 Å². The SMILES string of the molecule is CN(C)CCN(C)c1ccc(Nc2nc(-c3cn(C)c4cc(F)c(F)cc34)c3cc[nH]c3n2)cc1N. The van der Waals surface area contributed by atoms with E-state index in [-0.39, 0.29) is 0 Å². The average molecular weight is 491 g/mol. The Kier molecular flexibility index (Phi) is 5.97. The number of hydrogen-bond donors (Lipinski definition) is 3. The van der Waals surface area contributed by atoms with Gasteiger partial charge in [-0.1, -0.05) is 0 Å². The molecule has 186 valence electrons. The molecule has 2 aromatic carbocycles. The van der Waals surface area contributed by atoms with Crippen molar-refractivity contribution in [2.45, 2.75) is 0 Å². The van der Waals surface area contributed by atoms with Crippen LogP contribution in [0.1, 0.15) is 0 Å². The first kappa shape index (κ1) is 23.6. The maximum atomic E-state index is 14.1. The Bertz CT molecular complexity index is 1570. The second-order valence-corrected chi connectivity index (χ2v) is 9.20. The lowest BCUT2D eigenvalue weighted by Gasteiger charge is -2.23. The number of H-pyrrole nitrogens is 1. The zero-order chi connectivity index (χ0) is 25.6. The second-order valence-electron chi connectivity index (χ2n) is 9.20. The molecule has 0 saturated heterocycles. The number of rotatable bonds is 7. The Morgan fingerprint density at radius 2 is 1.78 bits per heavy atom. The summed E-state index contributed by atoms with van der Waals surface area (Å²) in [7, 11) is 7.87. The van der Waals surface area contributed by atoms with E-state index in [0.717, 1.165) is 29.9 Å². The highest BCUT2D eigenvalue weighted by Crippen LogP contribution is 2.35. The summed E-state index contributed by atoms with van der Waals surface area (Å²) in [6.45, 7) is 1.75. The molecule has 0 amide bonds. The fourth-order valence-corrected chi connectivity index (χ4v) is 4.35. The number of nitrogens with two attached hydrogens (primary N) is 1. The van der Waals surface area contributed by atoms with Crippen LogP contribution in [0.4, 0.5) is 31.8 Å². The highest BCUT2D eigenvalue weighted by molar-refractivity contribution is 6.02. The van der Waals surface area contributed by atoms with Crippen molar-refractivity contribution in [1.82, 2.24) is 24.4 Å². The monoisotopic (exact) mass is 490 g/mol. The van der Waals surface area contributed by atoms with Crippen molar-refractivity contribution < 1.29 is 8.78 Å². The molecule has 8 nitrogen and oxygen atoms in total. The molecule has 0 saturated carbocycles. The number of nitrogen functional groups attached to an aromatic ring is 1. The molecule has 5 rings (SSSR count). The number of nitrogens with zero attached hydrogens (tertiary/aromatic N) is 5. The maximum Gasteiger partial charge on any atom is 0.229 e. The Labute approximate surface area is 207 Å². The van der Waals surface area contributed by atoms with Crippen LogP contribution >= 0.6 is 0 Å². The van der Waals surface area contributed by atoms with Gasteiger partial charge in [0, 0.05) is 67.7 Å². The number of aromatic amines is 1. The topological polar surface area (TPSA) is 91.0 Å². The van der Waals surface area contributed by atoms with E-state index < -0.39 is 11.6 Å². The Morgan fingerprint density at radius 3 is 2.53 bits per heavy atom. The first-order valence-electron chi connectivity index (χ1n) is 11.5. The summed E-state index contributed by atoms with van der Waals surface area (Å²) in [4.78, 5) is 16.7. The minimum Gasteiger partial charge on any atom is -0.397 e. The van der Waals surface area contributed by atoms with Crippen molar-refractivity contribution >= 4 is 44.9 Å². The van der Waals surface area contributed by atoms with Crippen molar-refractivity contribution in [2.75, 3.05) is 50.2 Å². The van der Waals surface area contributed by atoms with Crippen LogP contribution in [0.15, 0.2) is 48.8 Å². The number of aryl methyl sites for hydroxylation is 1. The van der Waals surface area contributed by atoms with Gasteiger partial charge in [0.25, 0.3) is 0 Å². The summed E-state index contributed by atoms with van der Waals surface area (Å²) < 4.78 is 29.8. The number of aromatic nitrogens is 4. The molecule has 0 bridgehead atoms. The third-order valence-corrected chi connectivity index (χ3v) is 6.28. The lowest BCUT2D eigenvalue weighted by atomic mass is 10.1. The zero-order valence-electron chi connectivity index (χ0n) is 20.6. The molecular formula is C26H28F2N8. The van der Waals surface area contributed by atoms with Gasteiger partial charge in [0.05, 0.1) is 22.6 Å². The summed E-state index contributed by atoms with van der Waals surface area (Å²) >= 11 is 0. The third-order valence-electron chi connectivity index (χ3n) is 6.28. The number of fused-ring (bicyclic) bond motifs is 2. The van der Waals surface area contributed by atoms with E-state index in [4.69, 9.17) is 10.7 Å². The smallest absolute Gasteiger partial charge is 0.229 e. The van der Waals surface area contributed by atoms with Gasteiger partial charge in [0.1, 0.15) is 5.65 Å². The van der Waals surface area contributed by atoms with Gasteiger partial charge in [-0.3, -0.25) is 0 Å². The van der Waals surface area contributed by atoms with E-state index in [1.54, 1.807) is 17.8 Å². The van der Waals surface area contributed by atoms with Crippen molar-refractivity contribution in [2.24, 2.45) is 7.05 Å². The van der Waals surface area contributed by atoms with E-state index in [2.05, 4.69) is 25.1 Å². The van der Waals surface area contributed by atoms with E-state index in [0.29, 0.717) is 39.4 Å². The normalized spacial score (nSPS) is 11.6. The predicted octanol–water partition coefficient (Wildman–Crippen LogP) is 4.72.